The number of carbonyl (C=O) groups is 2. The number of anilines is 1. The molecule has 166 valence electrons. The molecule has 9 heteroatoms. The summed E-state index contributed by atoms with van der Waals surface area (Å²) in [4.78, 5) is 25.9. The summed E-state index contributed by atoms with van der Waals surface area (Å²) in [7, 11) is 0. The molecule has 0 fully saturated rings. The van der Waals surface area contributed by atoms with E-state index in [2.05, 4.69) is 20.8 Å². The second-order valence-corrected chi connectivity index (χ2v) is 8.99. The Hall–Kier alpha value is -3.26. The highest BCUT2D eigenvalue weighted by atomic mass is 35.5. The number of hydrogen-bond donors (Lipinski definition) is 2. The van der Waals surface area contributed by atoms with Crippen LogP contribution in [0.1, 0.15) is 15.9 Å². The zero-order chi connectivity index (χ0) is 23.2. The molecule has 0 aliphatic heterocycles. The summed E-state index contributed by atoms with van der Waals surface area (Å²) in [5.41, 5.74) is 2.12. The fourth-order valence-electron chi connectivity index (χ4n) is 3.11. The average molecular weight is 497 g/mol. The van der Waals surface area contributed by atoms with Gasteiger partial charge in [0, 0.05) is 27.6 Å². The number of rotatable bonds is 7. The smallest absolute Gasteiger partial charge is 0.251 e. The third kappa shape index (κ3) is 6.16. The molecule has 4 aromatic rings. The van der Waals surface area contributed by atoms with Crippen molar-refractivity contribution in [3.8, 4) is 10.6 Å². The third-order valence-electron chi connectivity index (χ3n) is 4.74. The first-order valence-electron chi connectivity index (χ1n) is 9.98. The minimum atomic E-state index is -0.832. The van der Waals surface area contributed by atoms with Crippen LogP contribution in [0.3, 0.4) is 0 Å². The lowest BCUT2D eigenvalue weighted by molar-refractivity contribution is -0.118. The maximum atomic E-state index is 13.1. The fraction of sp³-hybridized carbons (Fsp3) is 0.0833. The highest BCUT2D eigenvalue weighted by Gasteiger charge is 2.23. The molecule has 6 nitrogen and oxygen atoms in total. The Morgan fingerprint density at radius 1 is 0.879 bits per heavy atom. The van der Waals surface area contributed by atoms with Gasteiger partial charge in [0.1, 0.15) is 11.0 Å². The predicted molar refractivity (Wildman–Crippen MR) is 132 cm³/mol. The summed E-state index contributed by atoms with van der Waals surface area (Å²) in [5.74, 6) is -0.791. The average Bonchev–Trinajstić information content (AvgIpc) is 3.28. The van der Waals surface area contributed by atoms with E-state index in [0.717, 1.165) is 11.1 Å². The van der Waals surface area contributed by atoms with Crippen LogP contribution in [0.25, 0.3) is 10.6 Å². The molecule has 2 N–H and O–H groups in total. The molecule has 0 saturated carbocycles. The Kier molecular flexibility index (Phi) is 7.34. The van der Waals surface area contributed by atoms with Crippen LogP contribution in [0.5, 0.6) is 0 Å². The maximum Gasteiger partial charge on any atom is 0.251 e. The number of amides is 2. The zero-order valence-corrected chi connectivity index (χ0v) is 19.5. The van der Waals surface area contributed by atoms with Gasteiger partial charge in [-0.05, 0) is 35.9 Å². The third-order valence-corrected chi connectivity index (χ3v) is 6.11. The van der Waals surface area contributed by atoms with Crippen molar-refractivity contribution in [1.29, 1.82) is 0 Å². The number of hydrogen-bond acceptors (Lipinski definition) is 5. The van der Waals surface area contributed by atoms with E-state index in [-0.39, 0.29) is 0 Å². The molecule has 0 bridgehead atoms. The van der Waals surface area contributed by atoms with E-state index in [1.54, 1.807) is 36.4 Å². The lowest BCUT2D eigenvalue weighted by atomic mass is 10.0. The quantitative estimate of drug-likeness (QED) is 0.354. The van der Waals surface area contributed by atoms with Crippen molar-refractivity contribution in [2.75, 3.05) is 5.32 Å². The SMILES string of the molecule is O=C(N[C@H](Cc1ccccc1)C(=O)Nc1nnc(-c2ccc(Cl)cc2)s1)c1cccc(Cl)c1. The van der Waals surface area contributed by atoms with Crippen molar-refractivity contribution < 1.29 is 9.59 Å². The van der Waals surface area contributed by atoms with E-state index in [9.17, 15) is 9.59 Å². The summed E-state index contributed by atoms with van der Waals surface area (Å²) < 4.78 is 0. The van der Waals surface area contributed by atoms with Gasteiger partial charge in [0.2, 0.25) is 11.0 Å². The molecule has 1 aromatic heterocycles. The van der Waals surface area contributed by atoms with Crippen molar-refractivity contribution in [3.63, 3.8) is 0 Å². The molecule has 2 amide bonds. The van der Waals surface area contributed by atoms with Gasteiger partial charge in [-0.25, -0.2) is 0 Å². The van der Waals surface area contributed by atoms with E-state index in [1.165, 1.54) is 11.3 Å². The van der Waals surface area contributed by atoms with Crippen LogP contribution < -0.4 is 10.6 Å². The molecule has 0 unspecified atom stereocenters. The number of benzene rings is 3. The molecule has 4 rings (SSSR count). The Labute approximate surface area is 204 Å². The maximum absolute atomic E-state index is 13.1. The zero-order valence-electron chi connectivity index (χ0n) is 17.2. The van der Waals surface area contributed by atoms with Gasteiger partial charge < -0.3 is 5.32 Å². The van der Waals surface area contributed by atoms with Gasteiger partial charge in [-0.1, -0.05) is 83.1 Å². The molecule has 0 radical (unpaired) electrons. The van der Waals surface area contributed by atoms with Crippen LogP contribution in [-0.4, -0.2) is 28.1 Å². The number of halogens is 2. The first kappa shape index (κ1) is 22.9. The monoisotopic (exact) mass is 496 g/mol. The normalized spacial score (nSPS) is 11.6. The molecule has 0 saturated heterocycles. The van der Waals surface area contributed by atoms with Crippen LogP contribution in [0, 0.1) is 0 Å². The van der Waals surface area contributed by atoms with Gasteiger partial charge in [-0.3, -0.25) is 14.9 Å². The van der Waals surface area contributed by atoms with Crippen molar-refractivity contribution in [2.45, 2.75) is 12.5 Å². The fourth-order valence-corrected chi connectivity index (χ4v) is 4.17. The first-order valence-corrected chi connectivity index (χ1v) is 11.6. The van der Waals surface area contributed by atoms with Crippen molar-refractivity contribution in [1.82, 2.24) is 15.5 Å². The van der Waals surface area contributed by atoms with E-state index in [0.29, 0.717) is 32.2 Å². The topological polar surface area (TPSA) is 84.0 Å². The minimum Gasteiger partial charge on any atom is -0.340 e. The largest absolute Gasteiger partial charge is 0.340 e. The summed E-state index contributed by atoms with van der Waals surface area (Å²) in [6, 6.07) is 22.4. The van der Waals surface area contributed by atoms with Gasteiger partial charge >= 0.3 is 0 Å². The molecule has 33 heavy (non-hydrogen) atoms. The Balaban J connectivity index is 1.51. The number of aromatic nitrogens is 2. The lowest BCUT2D eigenvalue weighted by Gasteiger charge is -2.18. The molecule has 3 aromatic carbocycles. The summed E-state index contributed by atoms with van der Waals surface area (Å²) >= 11 is 13.2. The van der Waals surface area contributed by atoms with E-state index >= 15 is 0 Å². The van der Waals surface area contributed by atoms with Gasteiger partial charge in [-0.2, -0.15) is 0 Å². The molecular weight excluding hydrogens is 479 g/mol. The van der Waals surface area contributed by atoms with Crippen LogP contribution in [0.2, 0.25) is 10.0 Å². The van der Waals surface area contributed by atoms with Crippen LogP contribution in [-0.2, 0) is 11.2 Å². The second-order valence-electron chi connectivity index (χ2n) is 7.13. The van der Waals surface area contributed by atoms with E-state index in [1.807, 2.05) is 42.5 Å². The van der Waals surface area contributed by atoms with Crippen LogP contribution in [0.15, 0.2) is 78.9 Å². The Morgan fingerprint density at radius 2 is 1.64 bits per heavy atom. The molecule has 0 aliphatic carbocycles. The lowest BCUT2D eigenvalue weighted by Crippen LogP contribution is -2.45. The van der Waals surface area contributed by atoms with Gasteiger partial charge in [0.15, 0.2) is 0 Å². The highest BCUT2D eigenvalue weighted by Crippen LogP contribution is 2.27. The summed E-state index contributed by atoms with van der Waals surface area (Å²) in [5, 5.41) is 15.8. The van der Waals surface area contributed by atoms with Crippen LogP contribution >= 0.6 is 34.5 Å². The second kappa shape index (κ2) is 10.6. The summed E-state index contributed by atoms with van der Waals surface area (Å²) in [6.45, 7) is 0. The number of nitrogens with zero attached hydrogens (tertiary/aromatic N) is 2. The van der Waals surface area contributed by atoms with Crippen molar-refractivity contribution >= 4 is 51.5 Å². The Bertz CT molecular complexity index is 1260. The van der Waals surface area contributed by atoms with Gasteiger partial charge in [-0.15, -0.1) is 10.2 Å². The van der Waals surface area contributed by atoms with Crippen LogP contribution in [0.4, 0.5) is 5.13 Å². The van der Waals surface area contributed by atoms with Gasteiger partial charge in [0.05, 0.1) is 0 Å². The summed E-state index contributed by atoms with van der Waals surface area (Å²) in [6.07, 6.45) is 0.307. The minimum absolute atomic E-state index is 0.307. The molecular formula is C24H18Cl2N4O2S. The standard InChI is InChI=1S/C24H18Cl2N4O2S/c25-18-11-9-16(10-12-18)23-29-30-24(33-23)28-22(32)20(13-15-5-2-1-3-6-15)27-21(31)17-7-4-8-19(26)14-17/h1-12,14,20H,13H2,(H,27,31)(H,28,30,32)/t20-/m1/s1. The Morgan fingerprint density at radius 3 is 2.36 bits per heavy atom. The predicted octanol–water partition coefficient (Wildman–Crippen LogP) is 5.49. The van der Waals surface area contributed by atoms with Crippen molar-refractivity contribution in [3.05, 3.63) is 100 Å². The number of nitrogens with one attached hydrogen (secondary N) is 2. The van der Waals surface area contributed by atoms with E-state index < -0.39 is 17.9 Å². The van der Waals surface area contributed by atoms with Crippen molar-refractivity contribution in [2.24, 2.45) is 0 Å². The van der Waals surface area contributed by atoms with Gasteiger partial charge in [0.25, 0.3) is 5.91 Å². The number of carbonyl (C=O) groups excluding carboxylic acids is 2. The highest BCUT2D eigenvalue weighted by molar-refractivity contribution is 7.18. The molecule has 1 atom stereocenters. The molecule has 0 spiro atoms. The first-order chi connectivity index (χ1) is 16.0. The molecule has 0 aliphatic rings. The van der Waals surface area contributed by atoms with E-state index in [4.69, 9.17) is 23.2 Å². The molecule has 1 heterocycles.